The molecule has 1 N–H and O–H groups in total. The Kier molecular flexibility index (Phi) is 7.91. The highest BCUT2D eigenvalue weighted by atomic mass is 32.2. The molecule has 190 valence electrons. The van der Waals surface area contributed by atoms with Gasteiger partial charge in [-0.25, -0.2) is 12.8 Å². The summed E-state index contributed by atoms with van der Waals surface area (Å²) in [7, 11) is -2.44. The van der Waals surface area contributed by atoms with Crippen LogP contribution in [0, 0.1) is 12.7 Å². The second-order valence-electron chi connectivity index (χ2n) is 8.78. The summed E-state index contributed by atoms with van der Waals surface area (Å²) in [6, 6.07) is 19.3. The van der Waals surface area contributed by atoms with Crippen molar-refractivity contribution in [3.05, 3.63) is 89.7 Å². The Morgan fingerprint density at radius 3 is 2.28 bits per heavy atom. The highest BCUT2D eigenvalue weighted by Gasteiger charge is 2.31. The van der Waals surface area contributed by atoms with Crippen molar-refractivity contribution >= 4 is 21.6 Å². The van der Waals surface area contributed by atoms with Gasteiger partial charge in [-0.3, -0.25) is 4.79 Å². The Morgan fingerprint density at radius 1 is 1.00 bits per heavy atom. The van der Waals surface area contributed by atoms with E-state index < -0.39 is 16.1 Å². The van der Waals surface area contributed by atoms with Gasteiger partial charge in [0.2, 0.25) is 15.9 Å². The van der Waals surface area contributed by atoms with Crippen LogP contribution in [0.4, 0.5) is 10.1 Å². The first kappa shape index (κ1) is 25.7. The molecule has 1 aliphatic heterocycles. The molecule has 3 aromatic rings. The molecule has 1 unspecified atom stereocenters. The number of rotatable bonds is 8. The third kappa shape index (κ3) is 6.03. The van der Waals surface area contributed by atoms with Crippen molar-refractivity contribution in [3.63, 3.8) is 0 Å². The Morgan fingerprint density at radius 2 is 1.67 bits per heavy atom. The lowest BCUT2D eigenvalue weighted by Crippen LogP contribution is -2.55. The van der Waals surface area contributed by atoms with Crippen LogP contribution < -0.4 is 14.4 Å². The highest BCUT2D eigenvalue weighted by Crippen LogP contribution is 2.22. The third-order valence-electron chi connectivity index (χ3n) is 6.34. The van der Waals surface area contributed by atoms with Gasteiger partial charge in [-0.05, 0) is 66.9 Å². The van der Waals surface area contributed by atoms with Gasteiger partial charge >= 0.3 is 0 Å². The molecule has 0 spiro atoms. The summed E-state index contributed by atoms with van der Waals surface area (Å²) in [5.74, 6) is 0.0203. The molecule has 1 fully saturated rings. The molecule has 4 rings (SSSR count). The first-order valence-corrected chi connectivity index (χ1v) is 13.3. The predicted octanol–water partition coefficient (Wildman–Crippen LogP) is 3.38. The van der Waals surface area contributed by atoms with Crippen LogP contribution in [0.25, 0.3) is 0 Å². The van der Waals surface area contributed by atoms with Gasteiger partial charge in [-0.15, -0.1) is 0 Å². The number of ether oxygens (including phenoxy) is 1. The minimum absolute atomic E-state index is 0.0767. The number of hydrogen-bond donors (Lipinski definition) is 1. The Labute approximate surface area is 211 Å². The number of hydrogen-bond acceptors (Lipinski definition) is 5. The summed E-state index contributed by atoms with van der Waals surface area (Å²) in [5, 5.41) is 0. The first-order valence-electron chi connectivity index (χ1n) is 11.8. The number of carbonyl (C=O) groups excluding carboxylic acids is 1. The zero-order valence-corrected chi connectivity index (χ0v) is 21.2. The number of anilines is 1. The van der Waals surface area contributed by atoms with Crippen LogP contribution in [0.1, 0.15) is 11.1 Å². The largest absolute Gasteiger partial charge is 0.496 e. The summed E-state index contributed by atoms with van der Waals surface area (Å²) in [4.78, 5) is 17.4. The van der Waals surface area contributed by atoms with Gasteiger partial charge in [-0.1, -0.05) is 30.3 Å². The second-order valence-corrected chi connectivity index (χ2v) is 10.5. The van der Waals surface area contributed by atoms with E-state index >= 15 is 0 Å². The minimum atomic E-state index is -3.97. The molecule has 1 heterocycles. The number of amides is 1. The normalized spacial score (nSPS) is 15.0. The summed E-state index contributed by atoms with van der Waals surface area (Å²) >= 11 is 0. The number of methoxy groups -OCH3 is 1. The number of nitrogens with one attached hydrogen (secondary N) is 1. The van der Waals surface area contributed by atoms with E-state index in [4.69, 9.17) is 4.74 Å². The molecule has 0 bridgehead atoms. The maximum atomic E-state index is 13.6. The molecule has 0 radical (unpaired) electrons. The van der Waals surface area contributed by atoms with Crippen LogP contribution in [0.15, 0.2) is 77.7 Å². The van der Waals surface area contributed by atoms with Crippen molar-refractivity contribution < 1.29 is 22.3 Å². The number of nitrogens with zero attached hydrogens (tertiary/aromatic N) is 2. The Hall–Kier alpha value is -3.43. The number of sulfonamides is 1. The van der Waals surface area contributed by atoms with Gasteiger partial charge in [0.05, 0.1) is 12.0 Å². The number of benzene rings is 3. The quantitative estimate of drug-likeness (QED) is 0.502. The fourth-order valence-corrected chi connectivity index (χ4v) is 5.63. The van der Waals surface area contributed by atoms with Crippen molar-refractivity contribution in [1.29, 1.82) is 0 Å². The SMILES string of the molecule is COc1ccc(S(=O)(=O)NC(Cc2ccccc2)C(=O)N2CCN(c3ccc(F)cc3)CC2)cc1C. The van der Waals surface area contributed by atoms with Gasteiger partial charge in [0.15, 0.2) is 0 Å². The van der Waals surface area contributed by atoms with E-state index in [1.54, 1.807) is 30.0 Å². The van der Waals surface area contributed by atoms with E-state index in [0.717, 1.165) is 11.3 Å². The molecule has 1 amide bonds. The fourth-order valence-electron chi connectivity index (χ4n) is 4.36. The van der Waals surface area contributed by atoms with Crippen LogP contribution in [0.3, 0.4) is 0 Å². The zero-order valence-electron chi connectivity index (χ0n) is 20.4. The van der Waals surface area contributed by atoms with E-state index in [-0.39, 0.29) is 23.0 Å². The minimum Gasteiger partial charge on any atom is -0.496 e. The third-order valence-corrected chi connectivity index (χ3v) is 7.81. The van der Waals surface area contributed by atoms with Gasteiger partial charge in [-0.2, -0.15) is 4.72 Å². The van der Waals surface area contributed by atoms with E-state index in [0.29, 0.717) is 37.5 Å². The lowest BCUT2D eigenvalue weighted by Gasteiger charge is -2.37. The number of carbonyl (C=O) groups is 1. The molecule has 0 aromatic heterocycles. The Bertz CT molecular complexity index is 1290. The van der Waals surface area contributed by atoms with Crippen LogP contribution in [-0.2, 0) is 21.2 Å². The molecule has 0 aliphatic carbocycles. The molecule has 9 heteroatoms. The lowest BCUT2D eigenvalue weighted by atomic mass is 10.1. The molecule has 3 aromatic carbocycles. The number of aryl methyl sites for hydroxylation is 1. The summed E-state index contributed by atoms with van der Waals surface area (Å²) < 4.78 is 47.7. The highest BCUT2D eigenvalue weighted by molar-refractivity contribution is 7.89. The first-order chi connectivity index (χ1) is 17.3. The predicted molar refractivity (Wildman–Crippen MR) is 137 cm³/mol. The average molecular weight is 512 g/mol. The average Bonchev–Trinajstić information content (AvgIpc) is 2.89. The van der Waals surface area contributed by atoms with E-state index in [1.165, 1.54) is 31.4 Å². The Balaban J connectivity index is 1.52. The molecule has 1 saturated heterocycles. The van der Waals surface area contributed by atoms with E-state index in [9.17, 15) is 17.6 Å². The molecule has 1 aliphatic rings. The zero-order chi connectivity index (χ0) is 25.7. The smallest absolute Gasteiger partial charge is 0.241 e. The molecular formula is C27H30FN3O4S. The molecule has 36 heavy (non-hydrogen) atoms. The summed E-state index contributed by atoms with van der Waals surface area (Å²) in [5.41, 5.74) is 2.43. The number of piperazine rings is 1. The van der Waals surface area contributed by atoms with Gasteiger partial charge < -0.3 is 14.5 Å². The summed E-state index contributed by atoms with van der Waals surface area (Å²) in [6.45, 7) is 3.78. The van der Waals surface area contributed by atoms with Gasteiger partial charge in [0.1, 0.15) is 17.6 Å². The van der Waals surface area contributed by atoms with Gasteiger partial charge in [0.25, 0.3) is 0 Å². The van der Waals surface area contributed by atoms with Crippen molar-refractivity contribution in [2.45, 2.75) is 24.3 Å². The molecule has 0 saturated carbocycles. The van der Waals surface area contributed by atoms with Gasteiger partial charge in [0, 0.05) is 31.9 Å². The standard InChI is InChI=1S/C27H30FN3O4S/c1-20-18-24(12-13-26(20)35-2)36(33,34)29-25(19-21-6-4-3-5-7-21)27(32)31-16-14-30(15-17-31)23-10-8-22(28)9-11-23/h3-13,18,25,29H,14-17,19H2,1-2H3. The van der Waals surface area contributed by atoms with Crippen molar-refractivity contribution in [2.75, 3.05) is 38.2 Å². The monoisotopic (exact) mass is 511 g/mol. The topological polar surface area (TPSA) is 78.9 Å². The maximum Gasteiger partial charge on any atom is 0.241 e. The van der Waals surface area contributed by atoms with E-state index in [1.807, 2.05) is 30.3 Å². The fraction of sp³-hybridized carbons (Fsp3) is 0.296. The molecule has 7 nitrogen and oxygen atoms in total. The second kappa shape index (κ2) is 11.1. The van der Waals surface area contributed by atoms with Crippen LogP contribution in [0.5, 0.6) is 5.75 Å². The van der Waals surface area contributed by atoms with Crippen molar-refractivity contribution in [2.24, 2.45) is 0 Å². The van der Waals surface area contributed by atoms with Crippen LogP contribution in [0.2, 0.25) is 0 Å². The number of halogens is 1. The van der Waals surface area contributed by atoms with E-state index in [2.05, 4.69) is 9.62 Å². The summed E-state index contributed by atoms with van der Waals surface area (Å²) in [6.07, 6.45) is 0.228. The van der Waals surface area contributed by atoms with Crippen molar-refractivity contribution in [3.8, 4) is 5.75 Å². The lowest BCUT2D eigenvalue weighted by molar-refractivity contribution is -0.133. The van der Waals surface area contributed by atoms with Crippen molar-refractivity contribution in [1.82, 2.24) is 9.62 Å². The molecule has 1 atom stereocenters. The molecular weight excluding hydrogens is 481 g/mol. The van der Waals surface area contributed by atoms with Crippen LogP contribution >= 0.6 is 0 Å². The maximum absolute atomic E-state index is 13.6. The van der Waals surface area contributed by atoms with Crippen LogP contribution in [-0.4, -0.2) is 58.6 Å².